The number of pyridine rings is 1. The van der Waals surface area contributed by atoms with Gasteiger partial charge in [-0.2, -0.15) is 0 Å². The van der Waals surface area contributed by atoms with E-state index < -0.39 is 0 Å². The third-order valence-corrected chi connectivity index (χ3v) is 3.83. The molecule has 0 aliphatic heterocycles. The number of benzene rings is 2. The van der Waals surface area contributed by atoms with Gasteiger partial charge in [0.1, 0.15) is 5.82 Å². The molecule has 24 heavy (non-hydrogen) atoms. The van der Waals surface area contributed by atoms with Gasteiger partial charge in [-0.1, -0.05) is 35.9 Å². The van der Waals surface area contributed by atoms with E-state index in [1.165, 1.54) is 12.1 Å². The molecule has 1 heterocycles. The van der Waals surface area contributed by atoms with Crippen molar-refractivity contribution >= 4 is 17.5 Å². The first kappa shape index (κ1) is 16.1. The molecule has 0 radical (unpaired) electrons. The van der Waals surface area contributed by atoms with E-state index in [0.29, 0.717) is 21.8 Å². The second-order valence-electron chi connectivity index (χ2n) is 5.22. The number of nitrogens with zero attached hydrogens (tertiary/aromatic N) is 1. The number of amides is 1. The molecule has 0 aliphatic rings. The Bertz CT molecular complexity index is 865. The lowest BCUT2D eigenvalue weighted by Crippen LogP contribution is -2.22. The minimum atomic E-state index is -0.321. The average molecular weight is 341 g/mol. The van der Waals surface area contributed by atoms with Gasteiger partial charge in [0.25, 0.3) is 5.91 Å². The van der Waals surface area contributed by atoms with E-state index in [4.69, 9.17) is 11.6 Å². The Morgan fingerprint density at radius 2 is 1.88 bits per heavy atom. The highest BCUT2D eigenvalue weighted by Gasteiger charge is 2.08. The Balaban J connectivity index is 1.69. The molecule has 0 fully saturated rings. The third-order valence-electron chi connectivity index (χ3n) is 3.52. The first-order chi connectivity index (χ1) is 11.6. The molecular formula is C19H14ClFN2O. The number of carbonyl (C=O) groups is 1. The summed E-state index contributed by atoms with van der Waals surface area (Å²) in [5, 5.41) is 3.32. The number of hydrogen-bond acceptors (Lipinski definition) is 2. The van der Waals surface area contributed by atoms with Crippen LogP contribution in [-0.4, -0.2) is 10.9 Å². The predicted molar refractivity (Wildman–Crippen MR) is 92.3 cm³/mol. The van der Waals surface area contributed by atoms with Gasteiger partial charge in [-0.05, 0) is 42.0 Å². The zero-order chi connectivity index (χ0) is 16.9. The van der Waals surface area contributed by atoms with Gasteiger partial charge in [0.15, 0.2) is 0 Å². The molecule has 0 spiro atoms. The number of aromatic nitrogens is 1. The molecule has 120 valence electrons. The number of carbonyl (C=O) groups excluding carboxylic acids is 1. The molecule has 3 rings (SSSR count). The van der Waals surface area contributed by atoms with Crippen LogP contribution in [0.1, 0.15) is 15.9 Å². The highest BCUT2D eigenvalue weighted by molar-refractivity contribution is 6.33. The topological polar surface area (TPSA) is 42.0 Å². The maximum atomic E-state index is 13.1. The third kappa shape index (κ3) is 3.78. The molecular weight excluding hydrogens is 327 g/mol. The number of rotatable bonds is 4. The van der Waals surface area contributed by atoms with E-state index in [1.54, 1.807) is 54.7 Å². The van der Waals surface area contributed by atoms with Crippen LogP contribution in [0.3, 0.4) is 0 Å². The molecule has 3 nitrogen and oxygen atoms in total. The fourth-order valence-electron chi connectivity index (χ4n) is 2.31. The van der Waals surface area contributed by atoms with Crippen LogP contribution >= 0.6 is 11.6 Å². The van der Waals surface area contributed by atoms with Crippen molar-refractivity contribution in [3.8, 4) is 11.3 Å². The molecule has 0 atom stereocenters. The monoisotopic (exact) mass is 340 g/mol. The molecule has 1 N–H and O–H groups in total. The molecule has 5 heteroatoms. The fourth-order valence-corrected chi connectivity index (χ4v) is 2.54. The van der Waals surface area contributed by atoms with Crippen molar-refractivity contribution in [2.24, 2.45) is 0 Å². The van der Waals surface area contributed by atoms with Gasteiger partial charge in [0.05, 0.1) is 10.7 Å². The van der Waals surface area contributed by atoms with E-state index in [-0.39, 0.29) is 18.3 Å². The Labute approximate surface area is 144 Å². The minimum Gasteiger partial charge on any atom is -0.348 e. The van der Waals surface area contributed by atoms with Crippen LogP contribution in [0.15, 0.2) is 66.9 Å². The van der Waals surface area contributed by atoms with Crippen molar-refractivity contribution in [3.63, 3.8) is 0 Å². The quantitative estimate of drug-likeness (QED) is 0.761. The summed E-state index contributed by atoms with van der Waals surface area (Å²) in [6.07, 6.45) is 1.67. The standard InChI is InChI=1S/C19H14ClFN2O/c20-17-5-2-10-22-18(17)14-6-8-15(9-7-14)19(24)23-12-13-3-1-4-16(21)11-13/h1-11H,12H2,(H,23,24). The molecule has 0 aliphatic carbocycles. The highest BCUT2D eigenvalue weighted by Crippen LogP contribution is 2.25. The van der Waals surface area contributed by atoms with E-state index in [0.717, 1.165) is 5.56 Å². The Morgan fingerprint density at radius 1 is 1.08 bits per heavy atom. The summed E-state index contributed by atoms with van der Waals surface area (Å²) in [5.74, 6) is -0.545. The van der Waals surface area contributed by atoms with Gasteiger partial charge in [0.2, 0.25) is 0 Å². The molecule has 2 aromatic carbocycles. The molecule has 1 aromatic heterocycles. The van der Waals surface area contributed by atoms with Crippen molar-refractivity contribution in [1.29, 1.82) is 0 Å². The van der Waals surface area contributed by atoms with Crippen molar-refractivity contribution < 1.29 is 9.18 Å². The number of hydrogen-bond donors (Lipinski definition) is 1. The molecule has 3 aromatic rings. The molecule has 0 unspecified atom stereocenters. The van der Waals surface area contributed by atoms with Crippen molar-refractivity contribution in [2.75, 3.05) is 0 Å². The van der Waals surface area contributed by atoms with Crippen LogP contribution in [0.25, 0.3) is 11.3 Å². The lowest BCUT2D eigenvalue weighted by Gasteiger charge is -2.07. The zero-order valence-corrected chi connectivity index (χ0v) is 13.4. The summed E-state index contributed by atoms with van der Waals surface area (Å²) in [7, 11) is 0. The summed E-state index contributed by atoms with van der Waals surface area (Å²) < 4.78 is 13.1. The first-order valence-electron chi connectivity index (χ1n) is 7.37. The van der Waals surface area contributed by atoms with Gasteiger partial charge in [0, 0.05) is 23.9 Å². The maximum Gasteiger partial charge on any atom is 0.251 e. The molecule has 0 saturated carbocycles. The van der Waals surface area contributed by atoms with Crippen LogP contribution < -0.4 is 5.32 Å². The second-order valence-corrected chi connectivity index (χ2v) is 5.63. The summed E-state index contributed by atoms with van der Waals surface area (Å²) in [5.41, 5.74) is 2.73. The maximum absolute atomic E-state index is 13.1. The minimum absolute atomic E-state index is 0.224. The van der Waals surface area contributed by atoms with Crippen molar-refractivity contribution in [1.82, 2.24) is 10.3 Å². The normalized spacial score (nSPS) is 10.4. The van der Waals surface area contributed by atoms with Crippen LogP contribution in [-0.2, 0) is 6.54 Å². The lowest BCUT2D eigenvalue weighted by molar-refractivity contribution is 0.0951. The molecule has 1 amide bonds. The Kier molecular flexibility index (Phi) is 4.87. The zero-order valence-electron chi connectivity index (χ0n) is 12.7. The van der Waals surface area contributed by atoms with E-state index >= 15 is 0 Å². The van der Waals surface area contributed by atoms with Crippen LogP contribution in [0.2, 0.25) is 5.02 Å². The van der Waals surface area contributed by atoms with Gasteiger partial charge >= 0.3 is 0 Å². The number of nitrogens with one attached hydrogen (secondary N) is 1. The average Bonchev–Trinajstić information content (AvgIpc) is 2.60. The predicted octanol–water partition coefficient (Wildman–Crippen LogP) is 4.47. The van der Waals surface area contributed by atoms with Crippen LogP contribution in [0.5, 0.6) is 0 Å². The molecule has 0 bridgehead atoms. The van der Waals surface area contributed by atoms with Crippen LogP contribution in [0.4, 0.5) is 4.39 Å². The smallest absolute Gasteiger partial charge is 0.251 e. The van der Waals surface area contributed by atoms with Gasteiger partial charge in [-0.25, -0.2) is 4.39 Å². The summed E-state index contributed by atoms with van der Waals surface area (Å²) in [4.78, 5) is 16.4. The lowest BCUT2D eigenvalue weighted by atomic mass is 10.1. The number of halogens is 2. The largest absolute Gasteiger partial charge is 0.348 e. The summed E-state index contributed by atoms with van der Waals surface area (Å²) in [6, 6.07) is 16.7. The van der Waals surface area contributed by atoms with Crippen molar-refractivity contribution in [3.05, 3.63) is 88.8 Å². The summed E-state index contributed by atoms with van der Waals surface area (Å²) in [6.45, 7) is 0.268. The van der Waals surface area contributed by atoms with Crippen molar-refractivity contribution in [2.45, 2.75) is 6.54 Å². The van der Waals surface area contributed by atoms with E-state index in [2.05, 4.69) is 10.3 Å². The molecule has 0 saturated heterocycles. The Hall–Kier alpha value is -2.72. The fraction of sp³-hybridized carbons (Fsp3) is 0.0526. The van der Waals surface area contributed by atoms with Crippen LogP contribution in [0, 0.1) is 5.82 Å². The van der Waals surface area contributed by atoms with E-state index in [1.807, 2.05) is 0 Å². The van der Waals surface area contributed by atoms with Gasteiger partial charge < -0.3 is 5.32 Å². The SMILES string of the molecule is O=C(NCc1cccc(F)c1)c1ccc(-c2ncccc2Cl)cc1. The highest BCUT2D eigenvalue weighted by atomic mass is 35.5. The first-order valence-corrected chi connectivity index (χ1v) is 7.75. The van der Waals surface area contributed by atoms with E-state index in [9.17, 15) is 9.18 Å². The summed E-state index contributed by atoms with van der Waals surface area (Å²) >= 11 is 6.12. The Morgan fingerprint density at radius 3 is 2.58 bits per heavy atom. The van der Waals surface area contributed by atoms with Gasteiger partial charge in [-0.3, -0.25) is 9.78 Å². The van der Waals surface area contributed by atoms with Gasteiger partial charge in [-0.15, -0.1) is 0 Å². The second kappa shape index (κ2) is 7.23.